The average Bonchev–Trinajstić information content (AvgIpc) is 2.37. The molecule has 116 valence electrons. The molecule has 1 aromatic rings. The molecule has 1 rings (SSSR count). The number of halogens is 3. The van der Waals surface area contributed by atoms with E-state index < -0.39 is 23.3 Å². The van der Waals surface area contributed by atoms with Gasteiger partial charge in [0, 0.05) is 17.0 Å². The van der Waals surface area contributed by atoms with Gasteiger partial charge in [0.05, 0.1) is 5.92 Å². The van der Waals surface area contributed by atoms with Crippen LogP contribution in [0.2, 0.25) is 0 Å². The summed E-state index contributed by atoms with van der Waals surface area (Å²) in [4.78, 5) is 22.3. The van der Waals surface area contributed by atoms with Gasteiger partial charge in [-0.15, -0.1) is 0 Å². The number of nitrogens with one attached hydrogen (secondary N) is 1. The van der Waals surface area contributed by atoms with E-state index in [4.69, 9.17) is 5.11 Å². The van der Waals surface area contributed by atoms with Crippen LogP contribution in [0.15, 0.2) is 29.2 Å². The van der Waals surface area contributed by atoms with Gasteiger partial charge in [-0.3, -0.25) is 9.59 Å². The topological polar surface area (TPSA) is 66.4 Å². The van der Waals surface area contributed by atoms with Crippen LogP contribution in [0.3, 0.4) is 0 Å². The van der Waals surface area contributed by atoms with Crippen molar-refractivity contribution in [2.45, 2.75) is 23.7 Å². The smallest absolute Gasteiger partial charge is 0.446 e. The lowest BCUT2D eigenvalue weighted by molar-refractivity contribution is -0.141. The van der Waals surface area contributed by atoms with Gasteiger partial charge in [-0.05, 0) is 42.4 Å². The highest BCUT2D eigenvalue weighted by molar-refractivity contribution is 8.00. The van der Waals surface area contributed by atoms with Gasteiger partial charge in [0.25, 0.3) is 5.91 Å². The molecule has 1 amide bonds. The molecule has 0 bridgehead atoms. The third kappa shape index (κ3) is 6.52. The molecular formula is C13H14F3NO3S. The van der Waals surface area contributed by atoms with Gasteiger partial charge in [0.2, 0.25) is 0 Å². The molecule has 0 radical (unpaired) electrons. The van der Waals surface area contributed by atoms with Crippen molar-refractivity contribution in [2.24, 2.45) is 5.92 Å². The molecule has 1 atom stereocenters. The van der Waals surface area contributed by atoms with Crippen molar-refractivity contribution in [2.75, 3.05) is 6.54 Å². The molecule has 0 aliphatic heterocycles. The average molecular weight is 321 g/mol. The van der Waals surface area contributed by atoms with Crippen LogP contribution in [0.1, 0.15) is 23.7 Å². The van der Waals surface area contributed by atoms with Crippen molar-refractivity contribution < 1.29 is 27.9 Å². The Bertz CT molecular complexity index is 502. The summed E-state index contributed by atoms with van der Waals surface area (Å²) in [6.07, 6.45) is 0.281. The first-order chi connectivity index (χ1) is 9.69. The van der Waals surface area contributed by atoms with Gasteiger partial charge in [-0.25, -0.2) is 0 Å². The van der Waals surface area contributed by atoms with E-state index in [1.807, 2.05) is 0 Å². The summed E-state index contributed by atoms with van der Waals surface area (Å²) in [6.45, 7) is 1.71. The molecule has 0 aliphatic carbocycles. The molecule has 0 saturated heterocycles. The number of carbonyl (C=O) groups excluding carboxylic acids is 1. The van der Waals surface area contributed by atoms with Crippen molar-refractivity contribution in [3.8, 4) is 0 Å². The van der Waals surface area contributed by atoms with Crippen molar-refractivity contribution in [3.05, 3.63) is 29.8 Å². The third-order valence-corrected chi connectivity index (χ3v) is 3.37. The second-order valence-corrected chi connectivity index (χ2v) is 5.49. The van der Waals surface area contributed by atoms with E-state index in [1.54, 1.807) is 0 Å². The fraction of sp³-hybridized carbons (Fsp3) is 0.385. The lowest BCUT2D eigenvalue weighted by Gasteiger charge is -2.09. The van der Waals surface area contributed by atoms with Gasteiger partial charge in [-0.1, -0.05) is 6.92 Å². The van der Waals surface area contributed by atoms with Crippen LogP contribution >= 0.6 is 11.8 Å². The van der Waals surface area contributed by atoms with Crippen LogP contribution in [-0.2, 0) is 4.79 Å². The largest absolute Gasteiger partial charge is 0.481 e. The molecule has 8 heteroatoms. The van der Waals surface area contributed by atoms with Crippen LogP contribution in [0.5, 0.6) is 0 Å². The number of thioether (sulfide) groups is 1. The van der Waals surface area contributed by atoms with Crippen molar-refractivity contribution in [1.82, 2.24) is 5.32 Å². The summed E-state index contributed by atoms with van der Waals surface area (Å²) in [6, 6.07) is 5.02. The fourth-order valence-electron chi connectivity index (χ4n) is 1.44. The molecule has 0 heterocycles. The summed E-state index contributed by atoms with van der Waals surface area (Å²) >= 11 is -0.251. The SMILES string of the molecule is CC(CCNC(=O)c1ccc(SC(F)(F)F)cc1)C(=O)O. The Kier molecular flexibility index (Phi) is 6.07. The minimum absolute atomic E-state index is 0.00134. The molecule has 21 heavy (non-hydrogen) atoms. The molecular weight excluding hydrogens is 307 g/mol. The van der Waals surface area contributed by atoms with Crippen LogP contribution in [0, 0.1) is 5.92 Å². The first-order valence-electron chi connectivity index (χ1n) is 6.06. The number of carboxylic acids is 1. The summed E-state index contributed by atoms with van der Waals surface area (Å²) in [5, 5.41) is 11.2. The highest BCUT2D eigenvalue weighted by atomic mass is 32.2. The second-order valence-electron chi connectivity index (χ2n) is 4.36. The van der Waals surface area contributed by atoms with Crippen LogP contribution in [0.4, 0.5) is 13.2 Å². The van der Waals surface area contributed by atoms with E-state index in [0.29, 0.717) is 0 Å². The maximum atomic E-state index is 12.1. The second kappa shape index (κ2) is 7.35. The van der Waals surface area contributed by atoms with E-state index >= 15 is 0 Å². The number of alkyl halides is 3. The van der Waals surface area contributed by atoms with E-state index in [2.05, 4.69) is 5.32 Å². The number of carboxylic acid groups (broad SMARTS) is 1. The van der Waals surface area contributed by atoms with Crippen molar-refractivity contribution in [3.63, 3.8) is 0 Å². The number of rotatable bonds is 6. The van der Waals surface area contributed by atoms with Gasteiger partial charge in [0.1, 0.15) is 0 Å². The van der Waals surface area contributed by atoms with E-state index in [9.17, 15) is 22.8 Å². The Labute approximate surface area is 123 Å². The predicted octanol–water partition coefficient (Wildman–Crippen LogP) is 3.14. The first-order valence-corrected chi connectivity index (χ1v) is 6.87. The van der Waals surface area contributed by atoms with Gasteiger partial charge in [-0.2, -0.15) is 13.2 Å². The predicted molar refractivity (Wildman–Crippen MR) is 72.1 cm³/mol. The Morgan fingerprint density at radius 1 is 1.29 bits per heavy atom. The Hall–Kier alpha value is -1.70. The van der Waals surface area contributed by atoms with Crippen molar-refractivity contribution in [1.29, 1.82) is 0 Å². The molecule has 4 nitrogen and oxygen atoms in total. The standard InChI is InChI=1S/C13H14F3NO3S/c1-8(12(19)20)6-7-17-11(18)9-2-4-10(5-3-9)21-13(14,15)16/h2-5,8H,6-7H2,1H3,(H,17,18)(H,19,20). The Morgan fingerprint density at radius 2 is 1.86 bits per heavy atom. The van der Waals surface area contributed by atoms with Gasteiger partial charge in [0.15, 0.2) is 0 Å². The van der Waals surface area contributed by atoms with Crippen LogP contribution < -0.4 is 5.32 Å². The minimum atomic E-state index is -4.36. The highest BCUT2D eigenvalue weighted by Crippen LogP contribution is 2.36. The molecule has 0 spiro atoms. The van der Waals surface area contributed by atoms with Crippen LogP contribution in [-0.4, -0.2) is 29.0 Å². The molecule has 1 aromatic carbocycles. The van der Waals surface area contributed by atoms with E-state index in [1.165, 1.54) is 31.2 Å². The summed E-state index contributed by atoms with van der Waals surface area (Å²) in [7, 11) is 0. The van der Waals surface area contributed by atoms with Crippen LogP contribution in [0.25, 0.3) is 0 Å². The number of hydrogen-bond donors (Lipinski definition) is 2. The lowest BCUT2D eigenvalue weighted by Crippen LogP contribution is -2.26. The number of amides is 1. The maximum Gasteiger partial charge on any atom is 0.446 e. The molecule has 2 N–H and O–H groups in total. The zero-order valence-electron chi connectivity index (χ0n) is 11.1. The summed E-state index contributed by atoms with van der Waals surface area (Å²) < 4.78 is 36.4. The molecule has 0 aromatic heterocycles. The maximum absolute atomic E-state index is 12.1. The Balaban J connectivity index is 2.50. The van der Waals surface area contributed by atoms with Crippen molar-refractivity contribution >= 4 is 23.6 Å². The fourth-order valence-corrected chi connectivity index (χ4v) is 1.98. The quantitative estimate of drug-likeness (QED) is 0.790. The van der Waals surface area contributed by atoms with Gasteiger partial charge >= 0.3 is 11.5 Å². The number of aliphatic carboxylic acids is 1. The number of hydrogen-bond acceptors (Lipinski definition) is 3. The number of benzene rings is 1. The monoisotopic (exact) mass is 321 g/mol. The highest BCUT2D eigenvalue weighted by Gasteiger charge is 2.29. The summed E-state index contributed by atoms with van der Waals surface area (Å²) in [5.74, 6) is -1.97. The van der Waals surface area contributed by atoms with E-state index in [-0.39, 0.29) is 35.2 Å². The third-order valence-electron chi connectivity index (χ3n) is 2.63. The van der Waals surface area contributed by atoms with E-state index in [0.717, 1.165) is 0 Å². The first kappa shape index (κ1) is 17.4. The molecule has 1 unspecified atom stereocenters. The number of carbonyl (C=O) groups is 2. The minimum Gasteiger partial charge on any atom is -0.481 e. The molecule has 0 saturated carbocycles. The zero-order chi connectivity index (χ0) is 16.0. The summed E-state index contributed by atoms with van der Waals surface area (Å²) in [5.41, 5.74) is -4.14. The lowest BCUT2D eigenvalue weighted by atomic mass is 10.1. The Morgan fingerprint density at radius 3 is 2.33 bits per heavy atom. The van der Waals surface area contributed by atoms with Gasteiger partial charge < -0.3 is 10.4 Å². The normalized spacial score (nSPS) is 12.8. The molecule has 0 fully saturated rings. The molecule has 0 aliphatic rings. The zero-order valence-corrected chi connectivity index (χ0v) is 11.9.